The SMILES string of the molecule is Cc1ccc(NCC(=O)NC2CC2)c(Br)c1. The van der Waals surface area contributed by atoms with Gasteiger partial charge in [0.05, 0.1) is 6.54 Å². The number of carbonyl (C=O) groups excluding carboxylic acids is 1. The van der Waals surface area contributed by atoms with Crippen molar-refractivity contribution in [2.45, 2.75) is 25.8 Å². The Labute approximate surface area is 104 Å². The summed E-state index contributed by atoms with van der Waals surface area (Å²) in [6.45, 7) is 2.37. The molecule has 16 heavy (non-hydrogen) atoms. The molecule has 0 spiro atoms. The van der Waals surface area contributed by atoms with Crippen molar-refractivity contribution in [3.8, 4) is 0 Å². The summed E-state index contributed by atoms with van der Waals surface area (Å²) < 4.78 is 0.992. The summed E-state index contributed by atoms with van der Waals surface area (Å²) in [6.07, 6.45) is 2.25. The minimum Gasteiger partial charge on any atom is -0.375 e. The Balaban J connectivity index is 1.85. The highest BCUT2D eigenvalue weighted by Gasteiger charge is 2.22. The number of aryl methyl sites for hydroxylation is 1. The number of hydrogen-bond donors (Lipinski definition) is 2. The van der Waals surface area contributed by atoms with Gasteiger partial charge in [0.1, 0.15) is 0 Å². The molecule has 1 aliphatic rings. The maximum absolute atomic E-state index is 11.5. The summed E-state index contributed by atoms with van der Waals surface area (Å²) in [6, 6.07) is 6.45. The molecule has 1 aliphatic carbocycles. The van der Waals surface area contributed by atoms with Gasteiger partial charge in [-0.3, -0.25) is 4.79 Å². The molecule has 0 aromatic heterocycles. The minimum absolute atomic E-state index is 0.0648. The molecule has 0 aliphatic heterocycles. The topological polar surface area (TPSA) is 41.1 Å². The molecular formula is C12H15BrN2O. The second-order valence-electron chi connectivity index (χ2n) is 4.18. The third-order valence-corrected chi connectivity index (χ3v) is 3.16. The normalized spacial score (nSPS) is 14.6. The Hall–Kier alpha value is -1.03. The number of carbonyl (C=O) groups is 1. The van der Waals surface area contributed by atoms with E-state index in [1.807, 2.05) is 25.1 Å². The van der Waals surface area contributed by atoms with E-state index in [-0.39, 0.29) is 5.91 Å². The zero-order valence-electron chi connectivity index (χ0n) is 9.22. The summed E-state index contributed by atoms with van der Waals surface area (Å²) in [5, 5.41) is 6.05. The molecule has 86 valence electrons. The largest absolute Gasteiger partial charge is 0.375 e. The van der Waals surface area contributed by atoms with Crippen LogP contribution in [0.2, 0.25) is 0 Å². The van der Waals surface area contributed by atoms with Crippen LogP contribution in [-0.4, -0.2) is 18.5 Å². The maximum Gasteiger partial charge on any atom is 0.239 e. The number of halogens is 1. The lowest BCUT2D eigenvalue weighted by atomic mass is 10.2. The van der Waals surface area contributed by atoms with Crippen LogP contribution in [0.3, 0.4) is 0 Å². The van der Waals surface area contributed by atoms with Crippen LogP contribution in [0, 0.1) is 6.92 Å². The molecular weight excluding hydrogens is 268 g/mol. The van der Waals surface area contributed by atoms with Crippen LogP contribution in [0.4, 0.5) is 5.69 Å². The summed E-state index contributed by atoms with van der Waals surface area (Å²) in [4.78, 5) is 11.5. The van der Waals surface area contributed by atoms with Gasteiger partial charge in [0, 0.05) is 16.2 Å². The Morgan fingerprint density at radius 1 is 1.50 bits per heavy atom. The van der Waals surface area contributed by atoms with Crippen molar-refractivity contribution in [3.63, 3.8) is 0 Å². The monoisotopic (exact) mass is 282 g/mol. The first-order chi connectivity index (χ1) is 7.65. The first kappa shape index (κ1) is 11.5. The van der Waals surface area contributed by atoms with Gasteiger partial charge in [-0.05, 0) is 53.4 Å². The molecule has 1 amide bonds. The predicted molar refractivity (Wildman–Crippen MR) is 68.5 cm³/mol. The van der Waals surface area contributed by atoms with Crippen LogP contribution >= 0.6 is 15.9 Å². The average molecular weight is 283 g/mol. The van der Waals surface area contributed by atoms with Crippen molar-refractivity contribution >= 4 is 27.5 Å². The molecule has 3 nitrogen and oxygen atoms in total. The average Bonchev–Trinajstić information content (AvgIpc) is 3.00. The van der Waals surface area contributed by atoms with Gasteiger partial charge in [-0.1, -0.05) is 6.07 Å². The van der Waals surface area contributed by atoms with Gasteiger partial charge in [-0.15, -0.1) is 0 Å². The van der Waals surface area contributed by atoms with E-state index in [9.17, 15) is 4.79 Å². The number of nitrogens with one attached hydrogen (secondary N) is 2. The smallest absolute Gasteiger partial charge is 0.239 e. The lowest BCUT2D eigenvalue weighted by Crippen LogP contribution is -2.31. The molecule has 4 heteroatoms. The molecule has 0 saturated heterocycles. The van der Waals surface area contributed by atoms with E-state index in [2.05, 4.69) is 26.6 Å². The van der Waals surface area contributed by atoms with E-state index in [4.69, 9.17) is 0 Å². The van der Waals surface area contributed by atoms with Gasteiger partial charge >= 0.3 is 0 Å². The van der Waals surface area contributed by atoms with E-state index in [0.717, 1.165) is 23.0 Å². The summed E-state index contributed by atoms with van der Waals surface area (Å²) >= 11 is 3.47. The first-order valence-corrected chi connectivity index (χ1v) is 6.24. The fraction of sp³-hybridized carbons (Fsp3) is 0.417. The van der Waals surface area contributed by atoms with Crippen LogP contribution < -0.4 is 10.6 Å². The number of anilines is 1. The fourth-order valence-electron chi connectivity index (χ4n) is 1.45. The Kier molecular flexibility index (Phi) is 3.49. The third kappa shape index (κ3) is 3.23. The molecule has 0 bridgehead atoms. The lowest BCUT2D eigenvalue weighted by molar-refractivity contribution is -0.119. The van der Waals surface area contributed by atoms with Crippen molar-refractivity contribution in [1.29, 1.82) is 0 Å². The van der Waals surface area contributed by atoms with Gasteiger partial charge < -0.3 is 10.6 Å². The van der Waals surface area contributed by atoms with Gasteiger partial charge in [0.2, 0.25) is 5.91 Å². The summed E-state index contributed by atoms with van der Waals surface area (Å²) in [7, 11) is 0. The standard InChI is InChI=1S/C12H15BrN2O/c1-8-2-5-11(10(13)6-8)14-7-12(16)15-9-3-4-9/h2,5-6,9,14H,3-4,7H2,1H3,(H,15,16). The molecule has 1 aromatic rings. The van der Waals surface area contributed by atoms with E-state index in [0.29, 0.717) is 12.6 Å². The van der Waals surface area contributed by atoms with Crippen LogP contribution in [0.25, 0.3) is 0 Å². The second kappa shape index (κ2) is 4.87. The number of hydrogen-bond acceptors (Lipinski definition) is 2. The zero-order valence-corrected chi connectivity index (χ0v) is 10.8. The van der Waals surface area contributed by atoms with Crippen LogP contribution in [0.5, 0.6) is 0 Å². The number of amides is 1. The molecule has 0 atom stereocenters. The third-order valence-electron chi connectivity index (χ3n) is 2.51. The van der Waals surface area contributed by atoms with Gasteiger partial charge in [0.15, 0.2) is 0 Å². The van der Waals surface area contributed by atoms with Crippen LogP contribution in [-0.2, 0) is 4.79 Å². The van der Waals surface area contributed by atoms with Gasteiger partial charge in [-0.25, -0.2) is 0 Å². The molecule has 2 N–H and O–H groups in total. The lowest BCUT2D eigenvalue weighted by Gasteiger charge is -2.09. The molecule has 0 unspecified atom stereocenters. The summed E-state index contributed by atoms with van der Waals surface area (Å²) in [5.41, 5.74) is 2.15. The van der Waals surface area contributed by atoms with Crippen LogP contribution in [0.15, 0.2) is 22.7 Å². The van der Waals surface area contributed by atoms with Crippen molar-refractivity contribution < 1.29 is 4.79 Å². The molecule has 1 saturated carbocycles. The Morgan fingerprint density at radius 3 is 2.88 bits per heavy atom. The Bertz CT molecular complexity index is 402. The molecule has 0 heterocycles. The highest BCUT2D eigenvalue weighted by Crippen LogP contribution is 2.23. The first-order valence-electron chi connectivity index (χ1n) is 5.44. The fourth-order valence-corrected chi connectivity index (χ4v) is 2.08. The van der Waals surface area contributed by atoms with E-state index >= 15 is 0 Å². The zero-order chi connectivity index (χ0) is 11.5. The van der Waals surface area contributed by atoms with Crippen molar-refractivity contribution in [2.24, 2.45) is 0 Å². The van der Waals surface area contributed by atoms with E-state index < -0.39 is 0 Å². The minimum atomic E-state index is 0.0648. The van der Waals surface area contributed by atoms with Gasteiger partial charge in [-0.2, -0.15) is 0 Å². The van der Waals surface area contributed by atoms with Crippen molar-refractivity contribution in [2.75, 3.05) is 11.9 Å². The number of rotatable bonds is 4. The second-order valence-corrected chi connectivity index (χ2v) is 5.03. The quantitative estimate of drug-likeness (QED) is 0.891. The van der Waals surface area contributed by atoms with Crippen molar-refractivity contribution in [3.05, 3.63) is 28.2 Å². The summed E-state index contributed by atoms with van der Waals surface area (Å²) in [5.74, 6) is 0.0648. The molecule has 1 fully saturated rings. The highest BCUT2D eigenvalue weighted by atomic mass is 79.9. The van der Waals surface area contributed by atoms with E-state index in [1.165, 1.54) is 5.56 Å². The van der Waals surface area contributed by atoms with Gasteiger partial charge in [0.25, 0.3) is 0 Å². The predicted octanol–water partition coefficient (Wildman–Crippen LogP) is 2.45. The Morgan fingerprint density at radius 2 is 2.25 bits per heavy atom. The van der Waals surface area contributed by atoms with Crippen LogP contribution in [0.1, 0.15) is 18.4 Å². The molecule has 0 radical (unpaired) electrons. The van der Waals surface area contributed by atoms with E-state index in [1.54, 1.807) is 0 Å². The number of benzene rings is 1. The molecule has 2 rings (SSSR count). The molecule has 1 aromatic carbocycles. The maximum atomic E-state index is 11.5. The highest BCUT2D eigenvalue weighted by molar-refractivity contribution is 9.10. The van der Waals surface area contributed by atoms with Crippen molar-refractivity contribution in [1.82, 2.24) is 5.32 Å².